The van der Waals surface area contributed by atoms with Crippen LogP contribution in [0.4, 0.5) is 0 Å². The second kappa shape index (κ2) is 25.2. The molecule has 8 aromatic rings. The molecule has 4 aromatic carbocycles. The highest BCUT2D eigenvalue weighted by Crippen LogP contribution is 2.30. The molecule has 0 fully saturated rings. The zero-order chi connectivity index (χ0) is 60.1. The molecule has 0 unspecified atom stereocenters. The molecular weight excluding hydrogens is 873 g/mol. The van der Waals surface area contributed by atoms with Crippen LogP contribution >= 0.6 is 0 Å². The van der Waals surface area contributed by atoms with Gasteiger partial charge in [-0.2, -0.15) is 0 Å². The zero-order valence-electron chi connectivity index (χ0n) is 55.3. The van der Waals surface area contributed by atoms with Crippen LogP contribution in [-0.4, -0.2) is 0 Å². The van der Waals surface area contributed by atoms with Crippen LogP contribution in [0.25, 0.3) is 45.0 Å². The van der Waals surface area contributed by atoms with Crippen molar-refractivity contribution in [3.63, 3.8) is 0 Å². The van der Waals surface area contributed by atoms with Gasteiger partial charge in [0.05, 0.1) is 5.48 Å². The molecule has 0 atom stereocenters. The Morgan fingerprint density at radius 3 is 1.17 bits per heavy atom. The summed E-state index contributed by atoms with van der Waals surface area (Å²) < 4.78 is 74.3. The van der Waals surface area contributed by atoms with Crippen LogP contribution in [0.15, 0.2) is 146 Å². The lowest BCUT2D eigenvalue weighted by molar-refractivity contribution is -0.661. The van der Waals surface area contributed by atoms with E-state index in [1.54, 1.807) is 11.6 Å². The second-order valence-corrected chi connectivity index (χ2v) is 20.6. The average molecular weight is 970 g/mol. The number of rotatable bonds is 8. The lowest BCUT2D eigenvalue weighted by Crippen LogP contribution is -2.33. The van der Waals surface area contributed by atoms with Gasteiger partial charge in [-0.3, -0.25) is 0 Å². The van der Waals surface area contributed by atoms with Gasteiger partial charge in [-0.05, 0) is 148 Å². The van der Waals surface area contributed by atoms with Gasteiger partial charge >= 0.3 is 0 Å². The number of hydrogen-bond acceptors (Lipinski definition) is 0. The van der Waals surface area contributed by atoms with Gasteiger partial charge in [-0.1, -0.05) is 128 Å². The van der Waals surface area contributed by atoms with Gasteiger partial charge in [-0.25, -0.2) is 18.3 Å². The average Bonchev–Trinajstić information content (AvgIpc) is 3.40. The largest absolute Gasteiger partial charge is 0.215 e. The van der Waals surface area contributed by atoms with Gasteiger partial charge in [0, 0.05) is 68.7 Å². The summed E-state index contributed by atoms with van der Waals surface area (Å²) in [5, 5.41) is 0. The minimum Gasteiger partial charge on any atom is -0.201 e. The summed E-state index contributed by atoms with van der Waals surface area (Å²) in [4.78, 5) is 0. The topological polar surface area (TPSA) is 15.5 Å². The molecule has 0 radical (unpaired) electrons. The van der Waals surface area contributed by atoms with Crippen molar-refractivity contribution in [2.75, 3.05) is 0 Å². The summed E-state index contributed by atoms with van der Waals surface area (Å²) in [6.07, 6.45) is 1.78. The van der Waals surface area contributed by atoms with Crippen molar-refractivity contribution >= 4 is 0 Å². The Morgan fingerprint density at radius 2 is 0.736 bits per heavy atom. The Morgan fingerprint density at radius 1 is 0.347 bits per heavy atom. The van der Waals surface area contributed by atoms with Crippen molar-refractivity contribution < 1.29 is 29.2 Å². The lowest BCUT2D eigenvalue weighted by Gasteiger charge is -2.14. The summed E-state index contributed by atoms with van der Waals surface area (Å²) in [7, 11) is 7.51. The fraction of sp³-hybridized carbons (Fsp3) is 0.353. The van der Waals surface area contributed by atoms with Crippen LogP contribution in [0.5, 0.6) is 0 Å². The van der Waals surface area contributed by atoms with E-state index in [9.17, 15) is 0 Å². The van der Waals surface area contributed by atoms with Crippen molar-refractivity contribution in [3.05, 3.63) is 213 Å². The molecule has 0 N–H and O–H groups in total. The highest BCUT2D eigenvalue weighted by atomic mass is 14.9. The predicted octanol–water partition coefficient (Wildman–Crippen LogP) is 15.7. The normalized spacial score (nSPS) is 12.6. The monoisotopic (exact) mass is 969 g/mol. The highest BCUT2D eigenvalue weighted by Gasteiger charge is 2.22. The van der Waals surface area contributed by atoms with Crippen LogP contribution in [0.1, 0.15) is 157 Å². The van der Waals surface area contributed by atoms with Gasteiger partial charge in [-0.15, -0.1) is 0 Å². The molecule has 4 heterocycles. The quantitative estimate of drug-likeness (QED) is 0.135. The minimum atomic E-state index is 0.0584. The number of hydrogen-bond donors (Lipinski definition) is 0. The molecule has 0 amide bonds. The Bertz CT molecular complexity index is 3290. The third-order valence-electron chi connectivity index (χ3n) is 13.5. The van der Waals surface area contributed by atoms with Crippen molar-refractivity contribution in [1.82, 2.24) is 0 Å². The minimum absolute atomic E-state index is 0.0584. The van der Waals surface area contributed by atoms with Crippen LogP contribution < -0.4 is 18.3 Å². The van der Waals surface area contributed by atoms with E-state index in [4.69, 9.17) is 11.0 Å². The first-order valence-electron chi connectivity index (χ1n) is 29.7. The maximum atomic E-state index is 8.59. The summed E-state index contributed by atoms with van der Waals surface area (Å²) in [5.41, 5.74) is 20.5. The SMILES string of the molecule is [2H]c1c(C(C)C)c(C)c(C)c(-c2ccccc2C)[n+]1C.[2H]c1c(C(C)C)c(C)c([2H])[n+](C)c1-c1ccccc1C.[2H]c1c(C(C)C)c([2H])c(-c2ccccc2C)[n+](C)c1[2H].[2H]c1c(C)c(C(C)C)c([2H])[n+](C)c1-c1ccccc1C. The molecule has 0 aliphatic heterocycles. The Balaban J connectivity index is 0.000000196. The van der Waals surface area contributed by atoms with Crippen LogP contribution in [0.2, 0.25) is 0 Å². The predicted molar refractivity (Wildman–Crippen MR) is 306 cm³/mol. The summed E-state index contributed by atoms with van der Waals surface area (Å²) in [6.45, 7) is 33.0. The molecule has 0 aliphatic carbocycles. The van der Waals surface area contributed by atoms with Gasteiger partial charge in [0.15, 0.2) is 24.7 Å². The fourth-order valence-corrected chi connectivity index (χ4v) is 9.19. The standard InChI is InChI=1S/C18H24N.2C17H22N.C16H20N/c1-12(2)17-11-19(6)18(15(5)14(17)4)16-10-8-7-9-13(16)3;1-12(2)16-10-17(18(5)11-14(16)4)15-9-7-6-8-13(15)3;1-12(2)16-11-18(5)17(10-14(16)4)15-9-7-6-8-13(15)3;1-12(2)14-9-10-17(4)16(11-14)15-8-6-5-7-13(15)3/h7-12H,1-6H3;2*6-12H,1-5H3;5-12H,1-4H3/q4*+1/i11D;2*10D,11D;9D,10D,11D. The first-order chi connectivity index (χ1) is 37.4. The third-order valence-corrected chi connectivity index (χ3v) is 13.5. The van der Waals surface area contributed by atoms with Crippen LogP contribution in [0.3, 0.4) is 0 Å². The second-order valence-electron chi connectivity index (χ2n) is 20.6. The van der Waals surface area contributed by atoms with E-state index in [-0.39, 0.29) is 30.0 Å². The van der Waals surface area contributed by atoms with Gasteiger partial charge in [0.1, 0.15) is 33.7 Å². The Hall–Kier alpha value is -6.52. The number of nitrogens with zero attached hydrogens (tertiary/aromatic N) is 4. The third kappa shape index (κ3) is 13.7. The maximum absolute atomic E-state index is 8.59. The molecule has 4 aromatic heterocycles. The fourth-order valence-electron chi connectivity index (χ4n) is 9.19. The number of benzene rings is 4. The summed E-state index contributed by atoms with van der Waals surface area (Å²) >= 11 is 0. The van der Waals surface area contributed by atoms with Gasteiger partial charge < -0.3 is 0 Å². The number of pyridine rings is 4. The van der Waals surface area contributed by atoms with E-state index in [1.165, 1.54) is 22.3 Å². The van der Waals surface area contributed by atoms with Crippen molar-refractivity contribution in [2.45, 2.75) is 134 Å². The molecule has 376 valence electrons. The van der Waals surface area contributed by atoms with Gasteiger partial charge in [0.25, 0.3) is 0 Å². The van der Waals surface area contributed by atoms with E-state index < -0.39 is 0 Å². The van der Waals surface area contributed by atoms with Gasteiger partial charge in [0.2, 0.25) is 22.8 Å². The lowest BCUT2D eigenvalue weighted by atomic mass is 9.92. The highest BCUT2D eigenvalue weighted by molar-refractivity contribution is 5.66. The molecule has 0 saturated heterocycles. The molecule has 0 spiro atoms. The van der Waals surface area contributed by atoms with E-state index in [0.29, 0.717) is 53.8 Å². The van der Waals surface area contributed by atoms with E-state index in [2.05, 4.69) is 86.6 Å². The molecule has 4 heteroatoms. The molecule has 0 saturated carbocycles. The van der Waals surface area contributed by atoms with Crippen molar-refractivity contribution in [1.29, 1.82) is 0 Å². The van der Waals surface area contributed by atoms with E-state index >= 15 is 0 Å². The Labute approximate surface area is 448 Å². The van der Waals surface area contributed by atoms with Crippen molar-refractivity contribution in [3.8, 4) is 45.0 Å². The number of aryl methyl sites for hydroxylation is 4. The number of aromatic nitrogens is 4. The first-order valence-corrected chi connectivity index (χ1v) is 25.7. The van der Waals surface area contributed by atoms with Crippen LogP contribution in [-0.2, 0) is 28.2 Å². The zero-order valence-corrected chi connectivity index (χ0v) is 47.3. The smallest absolute Gasteiger partial charge is 0.201 e. The maximum Gasteiger partial charge on any atom is 0.215 e. The van der Waals surface area contributed by atoms with E-state index in [0.717, 1.165) is 78.3 Å². The molecule has 0 aliphatic rings. The molecular formula is C68H88N4+4. The Kier molecular flexibility index (Phi) is 15.9. The summed E-state index contributed by atoms with van der Waals surface area (Å²) in [6, 6.07) is 34.0. The molecule has 0 bridgehead atoms. The van der Waals surface area contributed by atoms with Crippen molar-refractivity contribution in [2.24, 2.45) is 28.2 Å². The summed E-state index contributed by atoms with van der Waals surface area (Å²) in [5.74, 6) is 0.931. The molecule has 72 heavy (non-hydrogen) atoms. The first kappa shape index (κ1) is 45.4. The van der Waals surface area contributed by atoms with Crippen LogP contribution in [0, 0.1) is 55.4 Å². The molecule has 8 rings (SSSR count). The van der Waals surface area contributed by atoms with E-state index in [1.807, 2.05) is 156 Å². The molecule has 4 nitrogen and oxygen atoms in total.